The van der Waals surface area contributed by atoms with Crippen molar-refractivity contribution in [3.8, 4) is 0 Å². The first kappa shape index (κ1) is 15.1. The molecular formula is C14H19N5O2S. The smallest absolute Gasteiger partial charge is 0.178 e. The molecule has 1 fully saturated rings. The van der Waals surface area contributed by atoms with E-state index in [2.05, 4.69) is 25.1 Å². The number of likely N-dealkylation sites (tertiary alicyclic amines) is 1. The maximum absolute atomic E-state index is 11.9. The quantitative estimate of drug-likeness (QED) is 0.913. The van der Waals surface area contributed by atoms with Crippen molar-refractivity contribution < 1.29 is 8.42 Å². The van der Waals surface area contributed by atoms with Gasteiger partial charge in [0.15, 0.2) is 9.84 Å². The van der Waals surface area contributed by atoms with Crippen LogP contribution < -0.4 is 0 Å². The highest BCUT2D eigenvalue weighted by molar-refractivity contribution is 7.90. The molecule has 0 radical (unpaired) electrons. The minimum absolute atomic E-state index is 0.0166. The van der Waals surface area contributed by atoms with Gasteiger partial charge in [0.25, 0.3) is 0 Å². The van der Waals surface area contributed by atoms with Crippen molar-refractivity contribution in [2.24, 2.45) is 0 Å². The van der Waals surface area contributed by atoms with Gasteiger partial charge in [-0.2, -0.15) is 5.10 Å². The topological polar surface area (TPSA) is 91.8 Å². The Morgan fingerprint density at radius 2 is 2.18 bits per heavy atom. The molecule has 0 bridgehead atoms. The molecule has 0 amide bonds. The lowest BCUT2D eigenvalue weighted by atomic mass is 9.99. The van der Waals surface area contributed by atoms with Gasteiger partial charge in [-0.3, -0.25) is 20.0 Å². The van der Waals surface area contributed by atoms with E-state index in [0.29, 0.717) is 17.1 Å². The van der Waals surface area contributed by atoms with Gasteiger partial charge in [-0.15, -0.1) is 0 Å². The maximum atomic E-state index is 11.9. The van der Waals surface area contributed by atoms with E-state index >= 15 is 0 Å². The summed E-state index contributed by atoms with van der Waals surface area (Å²) in [4.78, 5) is 10.9. The molecule has 3 rings (SSSR count). The third-order valence-electron chi connectivity index (χ3n) is 3.96. The van der Waals surface area contributed by atoms with Gasteiger partial charge in [0.05, 0.1) is 23.6 Å². The van der Waals surface area contributed by atoms with Crippen LogP contribution in [0.3, 0.4) is 0 Å². The fourth-order valence-electron chi connectivity index (χ4n) is 2.95. The van der Waals surface area contributed by atoms with Gasteiger partial charge in [0.1, 0.15) is 4.90 Å². The summed E-state index contributed by atoms with van der Waals surface area (Å²) in [5, 5.41) is 6.84. The molecule has 8 heteroatoms. The fraction of sp³-hybridized carbons (Fsp3) is 0.500. The second-order valence-electron chi connectivity index (χ2n) is 5.60. The van der Waals surface area contributed by atoms with Crippen LogP contribution in [-0.4, -0.2) is 46.3 Å². The molecule has 1 aliphatic rings. The Bertz CT molecular complexity index is 729. The minimum Gasteiger partial charge on any atom is -0.289 e. The molecule has 7 nitrogen and oxygen atoms in total. The highest BCUT2D eigenvalue weighted by Crippen LogP contribution is 2.33. The number of nitrogens with zero attached hydrogens (tertiary/aromatic N) is 4. The molecule has 3 heterocycles. The van der Waals surface area contributed by atoms with Gasteiger partial charge in [-0.05, 0) is 19.4 Å². The molecule has 0 aromatic carbocycles. The lowest BCUT2D eigenvalue weighted by Crippen LogP contribution is -2.34. The number of rotatable bonds is 4. The zero-order valence-electron chi connectivity index (χ0n) is 12.4. The van der Waals surface area contributed by atoms with Crippen LogP contribution in [0.1, 0.15) is 36.7 Å². The molecule has 118 valence electrons. The van der Waals surface area contributed by atoms with Gasteiger partial charge in [-0.25, -0.2) is 8.42 Å². The third kappa shape index (κ3) is 3.17. The van der Waals surface area contributed by atoms with Crippen molar-refractivity contribution in [3.05, 3.63) is 36.2 Å². The Morgan fingerprint density at radius 1 is 1.32 bits per heavy atom. The molecule has 0 spiro atoms. The molecule has 1 aliphatic heterocycles. The zero-order chi connectivity index (χ0) is 15.6. The van der Waals surface area contributed by atoms with Gasteiger partial charge >= 0.3 is 0 Å². The van der Waals surface area contributed by atoms with Gasteiger partial charge in [-0.1, -0.05) is 6.42 Å². The van der Waals surface area contributed by atoms with E-state index in [1.54, 1.807) is 18.6 Å². The molecule has 0 unspecified atom stereocenters. The van der Waals surface area contributed by atoms with Crippen molar-refractivity contribution in [2.45, 2.75) is 36.7 Å². The normalized spacial score (nSPS) is 20.1. The summed E-state index contributed by atoms with van der Waals surface area (Å²) in [6, 6.07) is 0.0166. The predicted molar refractivity (Wildman–Crippen MR) is 80.7 cm³/mol. The van der Waals surface area contributed by atoms with E-state index in [1.807, 2.05) is 0 Å². The number of aromatic nitrogens is 4. The molecule has 0 saturated carbocycles. The average Bonchev–Trinajstić information content (AvgIpc) is 2.98. The highest BCUT2D eigenvalue weighted by Gasteiger charge is 2.30. The Morgan fingerprint density at radius 3 is 2.91 bits per heavy atom. The molecule has 1 atom stereocenters. The molecule has 22 heavy (non-hydrogen) atoms. The summed E-state index contributed by atoms with van der Waals surface area (Å²) in [5.41, 5.74) is 1.57. The fourth-order valence-corrected chi connectivity index (χ4v) is 3.77. The molecule has 2 aromatic heterocycles. The number of hydrogen-bond acceptors (Lipinski definition) is 6. The van der Waals surface area contributed by atoms with Crippen LogP contribution in [0.25, 0.3) is 0 Å². The molecule has 1 saturated heterocycles. The summed E-state index contributed by atoms with van der Waals surface area (Å²) in [5.74, 6) is 0. The first-order chi connectivity index (χ1) is 10.6. The Balaban J connectivity index is 1.89. The van der Waals surface area contributed by atoms with Gasteiger partial charge in [0.2, 0.25) is 0 Å². The van der Waals surface area contributed by atoms with Crippen molar-refractivity contribution >= 4 is 9.84 Å². The number of hydrogen-bond donors (Lipinski definition) is 1. The van der Waals surface area contributed by atoms with Crippen LogP contribution in [0.5, 0.6) is 0 Å². The second-order valence-corrected chi connectivity index (χ2v) is 7.58. The van der Waals surface area contributed by atoms with E-state index in [9.17, 15) is 8.42 Å². The van der Waals surface area contributed by atoms with E-state index in [-0.39, 0.29) is 6.04 Å². The Labute approximate surface area is 129 Å². The van der Waals surface area contributed by atoms with E-state index in [1.165, 1.54) is 12.5 Å². The largest absolute Gasteiger partial charge is 0.289 e. The lowest BCUT2D eigenvalue weighted by Gasteiger charge is -2.35. The summed E-state index contributed by atoms with van der Waals surface area (Å²) in [6.45, 7) is 1.56. The minimum atomic E-state index is -3.28. The molecule has 1 N–H and O–H groups in total. The zero-order valence-corrected chi connectivity index (χ0v) is 13.3. The monoisotopic (exact) mass is 321 g/mol. The van der Waals surface area contributed by atoms with E-state index in [4.69, 9.17) is 0 Å². The van der Waals surface area contributed by atoms with Gasteiger partial charge in [0, 0.05) is 31.4 Å². The number of nitrogens with one attached hydrogen (secondary N) is 1. The second kappa shape index (κ2) is 6.13. The first-order valence-electron chi connectivity index (χ1n) is 7.28. The van der Waals surface area contributed by atoms with Crippen LogP contribution in [-0.2, 0) is 16.4 Å². The Hall–Kier alpha value is -1.80. The predicted octanol–water partition coefficient (Wildman–Crippen LogP) is 1.33. The number of H-pyrrole nitrogens is 1. The van der Waals surface area contributed by atoms with Crippen molar-refractivity contribution in [3.63, 3.8) is 0 Å². The molecule has 0 aliphatic carbocycles. The van der Waals surface area contributed by atoms with Crippen LogP contribution in [0.2, 0.25) is 0 Å². The molecular weight excluding hydrogens is 302 g/mol. The molecule has 2 aromatic rings. The number of piperidine rings is 1. The number of aromatic amines is 1. The highest BCUT2D eigenvalue weighted by atomic mass is 32.2. The van der Waals surface area contributed by atoms with E-state index in [0.717, 1.165) is 31.5 Å². The lowest BCUT2D eigenvalue weighted by molar-refractivity contribution is 0.133. The summed E-state index contributed by atoms with van der Waals surface area (Å²) in [6.07, 6.45) is 10.8. The Kier molecular flexibility index (Phi) is 4.21. The van der Waals surface area contributed by atoms with Crippen molar-refractivity contribution in [2.75, 3.05) is 12.8 Å². The summed E-state index contributed by atoms with van der Waals surface area (Å²) in [7, 11) is -3.28. The summed E-state index contributed by atoms with van der Waals surface area (Å²) < 4.78 is 23.8. The van der Waals surface area contributed by atoms with Crippen LogP contribution in [0.4, 0.5) is 0 Å². The first-order valence-corrected chi connectivity index (χ1v) is 9.17. The van der Waals surface area contributed by atoms with Crippen molar-refractivity contribution in [1.29, 1.82) is 0 Å². The van der Waals surface area contributed by atoms with Crippen LogP contribution in [0.15, 0.2) is 29.7 Å². The third-order valence-corrected chi connectivity index (χ3v) is 5.08. The van der Waals surface area contributed by atoms with Crippen molar-refractivity contribution in [1.82, 2.24) is 25.1 Å². The summed E-state index contributed by atoms with van der Waals surface area (Å²) >= 11 is 0. The maximum Gasteiger partial charge on any atom is 0.178 e. The number of sulfone groups is 1. The van der Waals surface area contributed by atoms with Gasteiger partial charge < -0.3 is 0 Å². The van der Waals surface area contributed by atoms with Crippen LogP contribution in [0, 0.1) is 0 Å². The SMILES string of the molecule is CS(=O)(=O)c1cn[nH]c1[C@@H]1CCCCN1Cc1cnccn1. The standard InChI is InChI=1S/C14H19N5O2S/c1-22(20,21)13-9-17-18-14(13)12-4-2-3-7-19(12)10-11-8-15-5-6-16-11/h5-6,8-9,12H,2-4,7,10H2,1H3,(H,17,18)/t12-/m0/s1. The van der Waals surface area contributed by atoms with Crippen LogP contribution >= 0.6 is 0 Å². The average molecular weight is 321 g/mol. The van der Waals surface area contributed by atoms with E-state index < -0.39 is 9.84 Å².